The third kappa shape index (κ3) is 4.79. The van der Waals surface area contributed by atoms with E-state index in [1.807, 2.05) is 32.9 Å². The maximum Gasteiger partial charge on any atom is 0.319 e. The Morgan fingerprint density at radius 1 is 1.12 bits per heavy atom. The van der Waals surface area contributed by atoms with Crippen molar-refractivity contribution < 1.29 is 9.59 Å². The molecule has 0 radical (unpaired) electrons. The zero-order chi connectivity index (χ0) is 18.2. The molecule has 0 fully saturated rings. The number of benzene rings is 1. The number of hydrogen-bond acceptors (Lipinski definition) is 3. The molecule has 1 atom stereocenters. The Morgan fingerprint density at radius 3 is 2.48 bits per heavy atom. The molecule has 2 N–H and O–H groups in total. The summed E-state index contributed by atoms with van der Waals surface area (Å²) >= 11 is 0. The normalized spacial score (nSPS) is 11.5. The van der Waals surface area contributed by atoms with Crippen LogP contribution in [0.2, 0.25) is 0 Å². The summed E-state index contributed by atoms with van der Waals surface area (Å²) < 4.78 is 0. The number of nitrogens with zero attached hydrogens (tertiary/aromatic N) is 2. The van der Waals surface area contributed by atoms with Crippen molar-refractivity contribution in [2.24, 2.45) is 0 Å². The fourth-order valence-electron chi connectivity index (χ4n) is 2.53. The summed E-state index contributed by atoms with van der Waals surface area (Å²) in [6, 6.07) is 10.2. The van der Waals surface area contributed by atoms with Crippen molar-refractivity contribution in [3.63, 3.8) is 0 Å². The fraction of sp³-hybridized carbons (Fsp3) is 0.316. The minimum absolute atomic E-state index is 0.0961. The molecule has 6 heteroatoms. The second-order valence-electron chi connectivity index (χ2n) is 5.63. The number of pyridine rings is 1. The van der Waals surface area contributed by atoms with Crippen LogP contribution in [0, 0.1) is 0 Å². The number of para-hydroxylation sites is 1. The average Bonchev–Trinajstić information content (AvgIpc) is 2.63. The Morgan fingerprint density at radius 2 is 1.84 bits per heavy atom. The molecule has 0 spiro atoms. The smallest absolute Gasteiger partial charge is 0.319 e. The third-order valence-corrected chi connectivity index (χ3v) is 3.99. The van der Waals surface area contributed by atoms with Gasteiger partial charge in [0.2, 0.25) is 0 Å². The van der Waals surface area contributed by atoms with Gasteiger partial charge in [0.1, 0.15) is 0 Å². The average molecular weight is 340 g/mol. The van der Waals surface area contributed by atoms with E-state index in [0.29, 0.717) is 24.3 Å². The highest BCUT2D eigenvalue weighted by atomic mass is 16.2. The van der Waals surface area contributed by atoms with Gasteiger partial charge in [0.05, 0.1) is 17.3 Å². The standard InChI is InChI=1S/C19H24N4O2/c1-4-23(5-2)18(24)16-10-6-7-11-17(16)22-19(25)21-14(3)15-9-8-12-20-13-15/h6-14H,4-5H2,1-3H3,(H2,21,22,25). The lowest BCUT2D eigenvalue weighted by Crippen LogP contribution is -2.34. The van der Waals surface area contributed by atoms with Crippen LogP contribution in [-0.4, -0.2) is 34.9 Å². The van der Waals surface area contributed by atoms with E-state index in [9.17, 15) is 9.59 Å². The van der Waals surface area contributed by atoms with Crippen LogP contribution in [0.5, 0.6) is 0 Å². The van der Waals surface area contributed by atoms with Gasteiger partial charge in [-0.1, -0.05) is 18.2 Å². The highest BCUT2D eigenvalue weighted by molar-refractivity contribution is 6.03. The topological polar surface area (TPSA) is 74.3 Å². The molecule has 132 valence electrons. The Hall–Kier alpha value is -2.89. The molecule has 3 amide bonds. The first kappa shape index (κ1) is 18.4. The number of anilines is 1. The van der Waals surface area contributed by atoms with Crippen molar-refractivity contribution in [1.29, 1.82) is 0 Å². The number of rotatable bonds is 6. The molecule has 2 aromatic rings. The predicted octanol–water partition coefficient (Wildman–Crippen LogP) is 3.45. The van der Waals surface area contributed by atoms with Gasteiger partial charge < -0.3 is 15.5 Å². The molecule has 1 aromatic carbocycles. The third-order valence-electron chi connectivity index (χ3n) is 3.99. The molecule has 0 aliphatic carbocycles. The summed E-state index contributed by atoms with van der Waals surface area (Å²) in [7, 11) is 0. The zero-order valence-electron chi connectivity index (χ0n) is 14.8. The molecule has 1 unspecified atom stereocenters. The highest BCUT2D eigenvalue weighted by Gasteiger charge is 2.18. The van der Waals surface area contributed by atoms with Crippen LogP contribution >= 0.6 is 0 Å². The quantitative estimate of drug-likeness (QED) is 0.846. The van der Waals surface area contributed by atoms with Crippen molar-refractivity contribution in [3.8, 4) is 0 Å². The number of hydrogen-bond donors (Lipinski definition) is 2. The predicted molar refractivity (Wildman–Crippen MR) is 98.5 cm³/mol. The van der Waals surface area contributed by atoms with E-state index in [1.54, 1.807) is 41.6 Å². The number of urea groups is 1. The van der Waals surface area contributed by atoms with E-state index in [-0.39, 0.29) is 18.0 Å². The van der Waals surface area contributed by atoms with E-state index in [2.05, 4.69) is 15.6 Å². The van der Waals surface area contributed by atoms with E-state index >= 15 is 0 Å². The molecular weight excluding hydrogens is 316 g/mol. The van der Waals surface area contributed by atoms with E-state index in [0.717, 1.165) is 5.56 Å². The van der Waals surface area contributed by atoms with Gasteiger partial charge in [0.25, 0.3) is 5.91 Å². The highest BCUT2D eigenvalue weighted by Crippen LogP contribution is 2.18. The number of nitrogens with one attached hydrogen (secondary N) is 2. The fourth-order valence-corrected chi connectivity index (χ4v) is 2.53. The van der Waals surface area contributed by atoms with Gasteiger partial charge in [-0.15, -0.1) is 0 Å². The minimum Gasteiger partial charge on any atom is -0.339 e. The maximum absolute atomic E-state index is 12.6. The number of carbonyl (C=O) groups is 2. The van der Waals surface area contributed by atoms with Crippen molar-refractivity contribution in [2.75, 3.05) is 18.4 Å². The van der Waals surface area contributed by atoms with Gasteiger partial charge >= 0.3 is 6.03 Å². The van der Waals surface area contributed by atoms with E-state index in [4.69, 9.17) is 0 Å². The largest absolute Gasteiger partial charge is 0.339 e. The van der Waals surface area contributed by atoms with Gasteiger partial charge in [0.15, 0.2) is 0 Å². The van der Waals surface area contributed by atoms with Crippen molar-refractivity contribution in [1.82, 2.24) is 15.2 Å². The summed E-state index contributed by atoms with van der Waals surface area (Å²) in [5, 5.41) is 5.63. The second kappa shape index (κ2) is 8.82. The van der Waals surface area contributed by atoms with Crippen LogP contribution in [0.4, 0.5) is 10.5 Å². The molecule has 0 saturated heterocycles. The van der Waals surface area contributed by atoms with Crippen molar-refractivity contribution >= 4 is 17.6 Å². The Bertz CT molecular complexity index is 714. The molecular formula is C19H24N4O2. The first-order valence-electron chi connectivity index (χ1n) is 8.42. The Kier molecular flexibility index (Phi) is 6.51. The lowest BCUT2D eigenvalue weighted by molar-refractivity contribution is 0.0774. The Labute approximate surface area is 148 Å². The molecule has 0 saturated carbocycles. The van der Waals surface area contributed by atoms with E-state index in [1.165, 1.54) is 0 Å². The molecule has 1 heterocycles. The van der Waals surface area contributed by atoms with E-state index < -0.39 is 0 Å². The van der Waals surface area contributed by atoms with Gasteiger partial charge in [-0.2, -0.15) is 0 Å². The van der Waals surface area contributed by atoms with Gasteiger partial charge in [-0.3, -0.25) is 9.78 Å². The summed E-state index contributed by atoms with van der Waals surface area (Å²) in [6.45, 7) is 6.98. The summed E-state index contributed by atoms with van der Waals surface area (Å²) in [6.07, 6.45) is 3.40. The van der Waals surface area contributed by atoms with Gasteiger partial charge in [0, 0.05) is 25.5 Å². The van der Waals surface area contributed by atoms with Crippen LogP contribution in [0.15, 0.2) is 48.8 Å². The Balaban J connectivity index is 2.10. The van der Waals surface area contributed by atoms with Crippen LogP contribution in [0.25, 0.3) is 0 Å². The molecule has 0 aliphatic heterocycles. The first-order valence-corrected chi connectivity index (χ1v) is 8.42. The number of aromatic nitrogens is 1. The number of carbonyl (C=O) groups excluding carboxylic acids is 2. The molecule has 0 aliphatic rings. The van der Waals surface area contributed by atoms with Crippen LogP contribution in [0.1, 0.15) is 42.7 Å². The molecule has 2 rings (SSSR count). The van der Waals surface area contributed by atoms with Crippen LogP contribution < -0.4 is 10.6 Å². The number of amides is 3. The van der Waals surface area contributed by atoms with Gasteiger partial charge in [-0.05, 0) is 44.5 Å². The molecule has 25 heavy (non-hydrogen) atoms. The maximum atomic E-state index is 12.6. The minimum atomic E-state index is -0.365. The van der Waals surface area contributed by atoms with Crippen molar-refractivity contribution in [2.45, 2.75) is 26.8 Å². The zero-order valence-corrected chi connectivity index (χ0v) is 14.8. The molecule has 6 nitrogen and oxygen atoms in total. The van der Waals surface area contributed by atoms with Crippen molar-refractivity contribution in [3.05, 3.63) is 59.9 Å². The monoisotopic (exact) mass is 340 g/mol. The second-order valence-corrected chi connectivity index (χ2v) is 5.63. The van der Waals surface area contributed by atoms with Crippen LogP contribution in [-0.2, 0) is 0 Å². The SMILES string of the molecule is CCN(CC)C(=O)c1ccccc1NC(=O)NC(C)c1cccnc1. The van der Waals surface area contributed by atoms with Gasteiger partial charge in [-0.25, -0.2) is 4.79 Å². The first-order chi connectivity index (χ1) is 12.1. The molecule has 1 aromatic heterocycles. The molecule has 0 bridgehead atoms. The van der Waals surface area contributed by atoms with Crippen LogP contribution in [0.3, 0.4) is 0 Å². The summed E-state index contributed by atoms with van der Waals surface area (Å²) in [4.78, 5) is 30.7. The lowest BCUT2D eigenvalue weighted by atomic mass is 10.1. The summed E-state index contributed by atoms with van der Waals surface area (Å²) in [5.41, 5.74) is 1.89. The summed E-state index contributed by atoms with van der Waals surface area (Å²) in [5.74, 6) is -0.0961. The lowest BCUT2D eigenvalue weighted by Gasteiger charge is -2.21.